The van der Waals surface area contributed by atoms with Gasteiger partial charge in [-0.2, -0.15) is 13.2 Å². The van der Waals surface area contributed by atoms with Crippen LogP contribution in [0.2, 0.25) is 0 Å². The molecule has 184 valence electrons. The van der Waals surface area contributed by atoms with E-state index in [4.69, 9.17) is 0 Å². The van der Waals surface area contributed by atoms with Crippen LogP contribution >= 0.6 is 0 Å². The van der Waals surface area contributed by atoms with Crippen LogP contribution < -0.4 is 15.6 Å². The summed E-state index contributed by atoms with van der Waals surface area (Å²) in [7, 11) is 0. The Hall–Kier alpha value is -3.76. The fourth-order valence-electron chi connectivity index (χ4n) is 4.04. The molecule has 0 aliphatic carbocycles. The largest absolute Gasteiger partial charge is 0.408 e. The van der Waals surface area contributed by atoms with Gasteiger partial charge in [-0.3, -0.25) is 23.9 Å². The number of benzene rings is 1. The Kier molecular flexibility index (Phi) is 6.35. The first kappa shape index (κ1) is 24.4. The van der Waals surface area contributed by atoms with E-state index >= 15 is 0 Å². The highest BCUT2D eigenvalue weighted by Gasteiger charge is 2.39. The van der Waals surface area contributed by atoms with Crippen molar-refractivity contribution in [1.82, 2.24) is 14.9 Å². The fraction of sp³-hybridized carbons (Fsp3) is 0.333. The fourth-order valence-corrected chi connectivity index (χ4v) is 4.04. The number of hydrogen-bond donors (Lipinski definition) is 1. The zero-order valence-electron chi connectivity index (χ0n) is 18.9. The Morgan fingerprint density at radius 2 is 1.94 bits per heavy atom. The first-order valence-electron chi connectivity index (χ1n) is 11.0. The Labute approximate surface area is 197 Å². The van der Waals surface area contributed by atoms with Crippen molar-refractivity contribution in [3.8, 4) is 5.69 Å². The van der Waals surface area contributed by atoms with E-state index in [1.54, 1.807) is 13.0 Å². The molecular formula is C24H22F4N4O3. The summed E-state index contributed by atoms with van der Waals surface area (Å²) in [5.74, 6) is -1.82. The number of amides is 2. The standard InChI is InChI=1S/C24H22F4N4O3/c1-3-18(24(26,27)28)29-23(35)15-12-32(17-8-6-13(2)11-16(17)25)22-14(21(15)34)7-9-19(30-22)31-10-4-5-20(31)33/h6-9,11-12,18H,3-5,10H2,1-2H3,(H,29,35)/t18-/m1/s1. The van der Waals surface area contributed by atoms with Crippen molar-refractivity contribution in [2.24, 2.45) is 0 Å². The molecule has 4 rings (SSSR count). The van der Waals surface area contributed by atoms with Crippen molar-refractivity contribution in [1.29, 1.82) is 0 Å². The second kappa shape index (κ2) is 9.12. The lowest BCUT2D eigenvalue weighted by atomic mass is 10.1. The Balaban J connectivity index is 1.93. The van der Waals surface area contributed by atoms with Crippen LogP contribution in [0.15, 0.2) is 41.3 Å². The van der Waals surface area contributed by atoms with Crippen molar-refractivity contribution in [3.05, 3.63) is 63.7 Å². The van der Waals surface area contributed by atoms with Crippen LogP contribution in [0.4, 0.5) is 23.4 Å². The average Bonchev–Trinajstić information content (AvgIpc) is 3.23. The highest BCUT2D eigenvalue weighted by Crippen LogP contribution is 2.26. The molecular weight excluding hydrogens is 468 g/mol. The van der Waals surface area contributed by atoms with Gasteiger partial charge >= 0.3 is 6.18 Å². The number of nitrogens with one attached hydrogen (secondary N) is 1. The zero-order chi connectivity index (χ0) is 25.5. The molecule has 1 aliphatic heterocycles. The maximum absolute atomic E-state index is 14.9. The first-order chi connectivity index (χ1) is 16.5. The van der Waals surface area contributed by atoms with Gasteiger partial charge in [0.1, 0.15) is 23.2 Å². The van der Waals surface area contributed by atoms with Gasteiger partial charge in [-0.15, -0.1) is 0 Å². The van der Waals surface area contributed by atoms with Crippen LogP contribution in [0.3, 0.4) is 0 Å². The van der Waals surface area contributed by atoms with Crippen molar-refractivity contribution >= 4 is 28.7 Å². The molecule has 1 aromatic carbocycles. The van der Waals surface area contributed by atoms with Gasteiger partial charge in [0.25, 0.3) is 5.91 Å². The third-order valence-electron chi connectivity index (χ3n) is 5.90. The molecule has 35 heavy (non-hydrogen) atoms. The van der Waals surface area contributed by atoms with Gasteiger partial charge in [0.15, 0.2) is 5.65 Å². The molecule has 1 aliphatic rings. The van der Waals surface area contributed by atoms with E-state index in [1.165, 1.54) is 36.1 Å². The number of aryl methyl sites for hydroxylation is 1. The Bertz CT molecular complexity index is 1380. The van der Waals surface area contributed by atoms with Crippen molar-refractivity contribution in [2.75, 3.05) is 11.4 Å². The monoisotopic (exact) mass is 490 g/mol. The van der Waals surface area contributed by atoms with Crippen LogP contribution in [0, 0.1) is 12.7 Å². The minimum Gasteiger partial charge on any atom is -0.340 e. The van der Waals surface area contributed by atoms with Crippen molar-refractivity contribution in [3.63, 3.8) is 0 Å². The summed E-state index contributed by atoms with van der Waals surface area (Å²) >= 11 is 0. The number of hydrogen-bond acceptors (Lipinski definition) is 4. The van der Waals surface area contributed by atoms with E-state index in [2.05, 4.69) is 4.98 Å². The molecule has 1 N–H and O–H groups in total. The second-order valence-electron chi connectivity index (χ2n) is 8.36. The Morgan fingerprint density at radius 3 is 2.54 bits per heavy atom. The molecule has 2 amide bonds. The molecule has 1 saturated heterocycles. The Morgan fingerprint density at radius 1 is 1.20 bits per heavy atom. The van der Waals surface area contributed by atoms with E-state index in [1.807, 2.05) is 5.32 Å². The number of pyridine rings is 2. The van der Waals surface area contributed by atoms with Gasteiger partial charge in [0.05, 0.1) is 11.1 Å². The molecule has 0 radical (unpaired) electrons. The molecule has 0 unspecified atom stereocenters. The number of carbonyl (C=O) groups excluding carboxylic acids is 2. The summed E-state index contributed by atoms with van der Waals surface area (Å²) in [6.45, 7) is 3.35. The van der Waals surface area contributed by atoms with Crippen LogP contribution in [0.25, 0.3) is 16.7 Å². The number of aromatic nitrogens is 2. The molecule has 1 fully saturated rings. The van der Waals surface area contributed by atoms with Gasteiger partial charge in [-0.25, -0.2) is 9.37 Å². The molecule has 1 atom stereocenters. The predicted molar refractivity (Wildman–Crippen MR) is 121 cm³/mol. The summed E-state index contributed by atoms with van der Waals surface area (Å²) in [5.41, 5.74) is -0.928. The van der Waals surface area contributed by atoms with Gasteiger partial charge in [0.2, 0.25) is 11.3 Å². The predicted octanol–water partition coefficient (Wildman–Crippen LogP) is 4.03. The quantitative estimate of drug-likeness (QED) is 0.548. The number of anilines is 1. The molecule has 0 bridgehead atoms. The van der Waals surface area contributed by atoms with Gasteiger partial charge in [-0.05, 0) is 49.6 Å². The van der Waals surface area contributed by atoms with Crippen LogP contribution in [0.1, 0.15) is 42.1 Å². The van der Waals surface area contributed by atoms with Gasteiger partial charge < -0.3 is 5.32 Å². The average molecular weight is 490 g/mol. The first-order valence-corrected chi connectivity index (χ1v) is 11.0. The highest BCUT2D eigenvalue weighted by molar-refractivity contribution is 5.98. The lowest BCUT2D eigenvalue weighted by Crippen LogP contribution is -2.46. The summed E-state index contributed by atoms with van der Waals surface area (Å²) in [6, 6.07) is 4.87. The topological polar surface area (TPSA) is 84.3 Å². The van der Waals surface area contributed by atoms with E-state index in [0.717, 1.165) is 10.8 Å². The molecule has 0 spiro atoms. The molecule has 11 heteroatoms. The molecule has 3 aromatic rings. The molecule has 7 nitrogen and oxygen atoms in total. The number of alkyl halides is 3. The lowest BCUT2D eigenvalue weighted by Gasteiger charge is -2.21. The number of rotatable bonds is 5. The van der Waals surface area contributed by atoms with E-state index in [0.29, 0.717) is 24.9 Å². The number of carbonyl (C=O) groups is 2. The minimum absolute atomic E-state index is 0.0330. The third kappa shape index (κ3) is 4.62. The SMILES string of the molecule is CC[C@@H](NC(=O)c1cn(-c2ccc(C)cc2F)c2nc(N3CCCC3=O)ccc2c1=O)C(F)(F)F. The molecule has 0 saturated carbocycles. The van der Waals surface area contributed by atoms with E-state index < -0.39 is 41.4 Å². The van der Waals surface area contributed by atoms with Crippen molar-refractivity contribution < 1.29 is 27.2 Å². The molecule has 3 heterocycles. The summed E-state index contributed by atoms with van der Waals surface area (Å²) < 4.78 is 55.8. The number of fused-ring (bicyclic) bond motifs is 1. The smallest absolute Gasteiger partial charge is 0.340 e. The maximum atomic E-state index is 14.9. The summed E-state index contributed by atoms with van der Waals surface area (Å²) in [5, 5.41) is 1.74. The van der Waals surface area contributed by atoms with Crippen LogP contribution in [-0.2, 0) is 4.79 Å². The second-order valence-corrected chi connectivity index (χ2v) is 8.36. The number of halogens is 4. The van der Waals surface area contributed by atoms with E-state index in [9.17, 15) is 31.9 Å². The minimum atomic E-state index is -4.71. The zero-order valence-corrected chi connectivity index (χ0v) is 18.9. The highest BCUT2D eigenvalue weighted by atomic mass is 19.4. The van der Waals surface area contributed by atoms with Crippen LogP contribution in [-0.4, -0.2) is 40.1 Å². The van der Waals surface area contributed by atoms with Crippen molar-refractivity contribution in [2.45, 2.75) is 45.3 Å². The summed E-state index contributed by atoms with van der Waals surface area (Å²) in [6.07, 6.45) is -3.18. The normalized spacial score (nSPS) is 15.0. The number of nitrogens with zero attached hydrogens (tertiary/aromatic N) is 3. The van der Waals surface area contributed by atoms with Crippen LogP contribution in [0.5, 0.6) is 0 Å². The summed E-state index contributed by atoms with van der Waals surface area (Å²) in [4.78, 5) is 44.0. The maximum Gasteiger partial charge on any atom is 0.408 e. The third-order valence-corrected chi connectivity index (χ3v) is 5.90. The van der Waals surface area contributed by atoms with Gasteiger partial charge in [0, 0.05) is 19.2 Å². The van der Waals surface area contributed by atoms with Gasteiger partial charge in [-0.1, -0.05) is 13.0 Å². The lowest BCUT2D eigenvalue weighted by molar-refractivity contribution is -0.153. The van der Waals surface area contributed by atoms with E-state index in [-0.39, 0.29) is 28.4 Å². The molecule has 2 aromatic heterocycles.